The fourth-order valence-electron chi connectivity index (χ4n) is 4.96. The molecule has 120 valence electrons. The maximum Gasteiger partial charge on any atom is 0.230 e. The van der Waals surface area contributed by atoms with E-state index < -0.39 is 0 Å². The molecule has 2 bridgehead atoms. The molecule has 0 aromatic rings. The lowest BCUT2D eigenvalue weighted by molar-refractivity contribution is -0.174. The molecule has 3 saturated carbocycles. The first-order valence-corrected chi connectivity index (χ1v) is 10.4. The summed E-state index contributed by atoms with van der Waals surface area (Å²) in [5, 5.41) is 0. The van der Waals surface area contributed by atoms with Gasteiger partial charge in [0, 0.05) is 36.4 Å². The number of carbonyl (C=O) groups excluding carboxylic acids is 1. The lowest BCUT2D eigenvalue weighted by Crippen LogP contribution is -2.72. The zero-order chi connectivity index (χ0) is 15.6. The number of piperazine rings is 1. The van der Waals surface area contributed by atoms with Gasteiger partial charge >= 0.3 is 0 Å². The Bertz CT molecular complexity index is 462. The standard InChI is InChI=1S/C15H23Br3N2O/c1-13(2)14(11(17)18)4-5-15(13,10(14)16)12(21)20-8-6-19(3)7-9-20/h10-11H,4-9H2,1-3H3/t10-,14+,15+/m0/s1. The number of fused-ring (bicyclic) bond motifs is 1. The first-order chi connectivity index (χ1) is 9.71. The molecule has 21 heavy (non-hydrogen) atoms. The molecule has 0 radical (unpaired) electrons. The minimum absolute atomic E-state index is 0.00622. The lowest BCUT2D eigenvalue weighted by atomic mass is 9.43. The fraction of sp³-hybridized carbons (Fsp3) is 0.933. The Labute approximate surface area is 152 Å². The lowest BCUT2D eigenvalue weighted by Gasteiger charge is -2.66. The number of halogens is 3. The summed E-state index contributed by atoms with van der Waals surface area (Å²) in [4.78, 5) is 18.0. The Hall–Kier alpha value is 0.870. The van der Waals surface area contributed by atoms with Crippen LogP contribution in [0.5, 0.6) is 0 Å². The summed E-state index contributed by atoms with van der Waals surface area (Å²) < 4.78 is 0.243. The quantitative estimate of drug-likeness (QED) is 0.558. The summed E-state index contributed by atoms with van der Waals surface area (Å²) in [6, 6.07) is 0. The van der Waals surface area contributed by atoms with E-state index in [9.17, 15) is 4.79 Å². The minimum Gasteiger partial charge on any atom is -0.340 e. The largest absolute Gasteiger partial charge is 0.340 e. The van der Waals surface area contributed by atoms with Crippen molar-refractivity contribution in [1.29, 1.82) is 0 Å². The van der Waals surface area contributed by atoms with Crippen LogP contribution in [0.25, 0.3) is 0 Å². The molecule has 1 heterocycles. The van der Waals surface area contributed by atoms with Crippen molar-refractivity contribution >= 4 is 53.7 Å². The van der Waals surface area contributed by atoms with Crippen molar-refractivity contribution in [2.45, 2.75) is 35.3 Å². The number of rotatable bonds is 2. The molecule has 0 unspecified atom stereocenters. The third kappa shape index (κ3) is 1.82. The van der Waals surface area contributed by atoms with Gasteiger partial charge in [-0.2, -0.15) is 0 Å². The molecule has 4 fully saturated rings. The van der Waals surface area contributed by atoms with Gasteiger partial charge in [-0.25, -0.2) is 0 Å². The SMILES string of the molecule is CN1CCN(C(=O)[C@@]23CC[C@](C(Br)Br)([C@@H]2Br)C3(C)C)CC1. The van der Waals surface area contributed by atoms with Crippen LogP contribution < -0.4 is 0 Å². The Morgan fingerprint density at radius 3 is 2.14 bits per heavy atom. The van der Waals surface area contributed by atoms with Gasteiger partial charge in [-0.05, 0) is 25.3 Å². The second-order valence-electron chi connectivity index (χ2n) is 7.40. The number of hydrogen-bond donors (Lipinski definition) is 0. The Balaban J connectivity index is 1.88. The van der Waals surface area contributed by atoms with Crippen molar-refractivity contribution in [2.24, 2.45) is 16.2 Å². The highest BCUT2D eigenvalue weighted by Crippen LogP contribution is 2.82. The van der Waals surface area contributed by atoms with Crippen LogP contribution in [0.2, 0.25) is 0 Å². The normalized spacial score (nSPS) is 42.2. The van der Waals surface area contributed by atoms with Crippen LogP contribution in [0.4, 0.5) is 0 Å². The Morgan fingerprint density at radius 2 is 1.71 bits per heavy atom. The van der Waals surface area contributed by atoms with E-state index in [4.69, 9.17) is 0 Å². The smallest absolute Gasteiger partial charge is 0.230 e. The summed E-state index contributed by atoms with van der Waals surface area (Å²) in [7, 11) is 2.13. The van der Waals surface area contributed by atoms with Crippen molar-refractivity contribution in [1.82, 2.24) is 9.80 Å². The van der Waals surface area contributed by atoms with Crippen LogP contribution in [0.15, 0.2) is 0 Å². The first kappa shape index (κ1) is 16.7. The average Bonchev–Trinajstić information content (AvgIpc) is 2.88. The number of carbonyl (C=O) groups is 1. The Kier molecular flexibility index (Phi) is 4.13. The summed E-state index contributed by atoms with van der Waals surface area (Å²) in [5.41, 5.74) is -0.107. The minimum atomic E-state index is -0.233. The van der Waals surface area contributed by atoms with E-state index in [0.29, 0.717) is 5.91 Å². The second-order valence-corrected chi connectivity index (χ2v) is 11.4. The molecule has 0 aromatic carbocycles. The molecule has 0 spiro atoms. The molecule has 0 aromatic heterocycles. The molecule has 1 amide bonds. The number of nitrogens with zero attached hydrogens (tertiary/aromatic N) is 2. The molecular weight excluding hydrogens is 464 g/mol. The molecule has 0 N–H and O–H groups in total. The van der Waals surface area contributed by atoms with Crippen molar-refractivity contribution in [2.75, 3.05) is 33.2 Å². The van der Waals surface area contributed by atoms with E-state index in [1.165, 1.54) is 0 Å². The average molecular weight is 487 g/mol. The molecule has 1 saturated heterocycles. The molecule has 4 rings (SSSR count). The predicted molar refractivity (Wildman–Crippen MR) is 96.3 cm³/mol. The fourth-order valence-corrected chi connectivity index (χ4v) is 9.86. The zero-order valence-electron chi connectivity index (χ0n) is 12.8. The number of amides is 1. The van der Waals surface area contributed by atoms with Gasteiger partial charge in [0.15, 0.2) is 0 Å². The zero-order valence-corrected chi connectivity index (χ0v) is 17.6. The van der Waals surface area contributed by atoms with Crippen LogP contribution >= 0.6 is 47.8 Å². The predicted octanol–water partition coefficient (Wildman–Crippen LogP) is 3.45. The Morgan fingerprint density at radius 1 is 1.14 bits per heavy atom. The van der Waals surface area contributed by atoms with Gasteiger partial charge in [-0.3, -0.25) is 4.79 Å². The maximum atomic E-state index is 13.3. The van der Waals surface area contributed by atoms with E-state index in [2.05, 4.69) is 78.5 Å². The van der Waals surface area contributed by atoms with Crippen LogP contribution in [-0.4, -0.2) is 57.5 Å². The van der Waals surface area contributed by atoms with E-state index in [0.717, 1.165) is 39.0 Å². The summed E-state index contributed by atoms with van der Waals surface area (Å²) in [6.45, 7) is 8.26. The van der Waals surface area contributed by atoms with Gasteiger partial charge in [-0.1, -0.05) is 61.6 Å². The van der Waals surface area contributed by atoms with E-state index >= 15 is 0 Å². The maximum absolute atomic E-state index is 13.3. The molecule has 3 nitrogen and oxygen atoms in total. The van der Waals surface area contributed by atoms with Gasteiger partial charge in [0.05, 0.1) is 9.15 Å². The molecule has 3 atom stereocenters. The van der Waals surface area contributed by atoms with Gasteiger partial charge in [-0.15, -0.1) is 0 Å². The van der Waals surface area contributed by atoms with Gasteiger partial charge in [0.1, 0.15) is 0 Å². The number of likely N-dealkylation sites (N-methyl/N-ethyl adjacent to an activating group) is 1. The summed E-state index contributed by atoms with van der Waals surface area (Å²) in [5.74, 6) is 0.372. The van der Waals surface area contributed by atoms with Crippen LogP contribution in [0.1, 0.15) is 26.7 Å². The summed E-state index contributed by atoms with van der Waals surface area (Å²) in [6.07, 6.45) is 2.09. The van der Waals surface area contributed by atoms with Crippen LogP contribution in [0, 0.1) is 16.2 Å². The third-order valence-electron chi connectivity index (χ3n) is 6.66. The molecular formula is C15H23Br3N2O. The van der Waals surface area contributed by atoms with Crippen LogP contribution in [0.3, 0.4) is 0 Å². The van der Waals surface area contributed by atoms with Gasteiger partial charge < -0.3 is 9.80 Å². The highest BCUT2D eigenvalue weighted by Gasteiger charge is 2.83. The monoisotopic (exact) mass is 484 g/mol. The van der Waals surface area contributed by atoms with Gasteiger partial charge in [0.25, 0.3) is 0 Å². The topological polar surface area (TPSA) is 23.6 Å². The number of hydrogen-bond acceptors (Lipinski definition) is 2. The highest BCUT2D eigenvalue weighted by atomic mass is 79.9. The number of alkyl halides is 3. The van der Waals surface area contributed by atoms with Crippen molar-refractivity contribution in [3.8, 4) is 0 Å². The molecule has 1 aliphatic heterocycles. The highest BCUT2D eigenvalue weighted by molar-refractivity contribution is 9.24. The van der Waals surface area contributed by atoms with Crippen molar-refractivity contribution in [3.63, 3.8) is 0 Å². The van der Waals surface area contributed by atoms with E-state index in [1.807, 2.05) is 0 Å². The molecule has 3 aliphatic carbocycles. The molecule has 6 heteroatoms. The van der Waals surface area contributed by atoms with E-state index in [-0.39, 0.29) is 24.8 Å². The third-order valence-corrected chi connectivity index (χ3v) is 9.89. The van der Waals surface area contributed by atoms with Crippen molar-refractivity contribution < 1.29 is 4.79 Å². The van der Waals surface area contributed by atoms with Crippen molar-refractivity contribution in [3.05, 3.63) is 0 Å². The summed E-state index contributed by atoms with van der Waals surface area (Å²) >= 11 is 11.4. The van der Waals surface area contributed by atoms with Crippen LogP contribution in [-0.2, 0) is 4.79 Å². The van der Waals surface area contributed by atoms with Gasteiger partial charge in [0.2, 0.25) is 5.91 Å². The first-order valence-electron chi connectivity index (χ1n) is 7.62. The van der Waals surface area contributed by atoms with E-state index in [1.54, 1.807) is 0 Å². The second kappa shape index (κ2) is 5.18. The molecule has 4 aliphatic rings.